The molecule has 33 heavy (non-hydrogen) atoms. The van der Waals surface area contributed by atoms with Crippen LogP contribution in [0.25, 0.3) is 11.4 Å². The fraction of sp³-hybridized carbons (Fsp3) is 0.391. The van der Waals surface area contributed by atoms with Gasteiger partial charge in [0.15, 0.2) is 11.0 Å². The molecule has 0 bridgehead atoms. The number of thioether (sulfide) groups is 1. The molecule has 1 aliphatic rings. The summed E-state index contributed by atoms with van der Waals surface area (Å²) in [4.78, 5) is 26.5. The molecule has 174 valence electrons. The molecule has 0 unspecified atom stereocenters. The summed E-state index contributed by atoms with van der Waals surface area (Å²) >= 11 is 9.12. The van der Waals surface area contributed by atoms with Crippen LogP contribution in [-0.4, -0.2) is 39.5 Å². The van der Waals surface area contributed by atoms with Gasteiger partial charge < -0.3 is 14.6 Å². The van der Waals surface area contributed by atoms with Gasteiger partial charge in [0.2, 0.25) is 5.91 Å². The van der Waals surface area contributed by atoms with Crippen LogP contribution in [0.2, 0.25) is 5.02 Å². The Balaban J connectivity index is 1.50. The van der Waals surface area contributed by atoms with E-state index in [-0.39, 0.29) is 11.7 Å². The molecule has 0 atom stereocenters. The number of benzene rings is 1. The number of rotatable bonds is 7. The van der Waals surface area contributed by atoms with Crippen LogP contribution in [-0.2, 0) is 28.9 Å². The maximum Gasteiger partial charge on any atom is 0.341 e. The first-order chi connectivity index (χ1) is 16.0. The van der Waals surface area contributed by atoms with Crippen molar-refractivity contribution in [2.24, 2.45) is 0 Å². The molecule has 1 N–H and O–H groups in total. The first kappa shape index (κ1) is 23.8. The molecule has 1 amide bonds. The third-order valence-electron chi connectivity index (χ3n) is 5.54. The molecule has 10 heteroatoms. The summed E-state index contributed by atoms with van der Waals surface area (Å²) in [5.74, 6) is 0.212. The lowest BCUT2D eigenvalue weighted by Crippen LogP contribution is -2.16. The van der Waals surface area contributed by atoms with E-state index in [0.717, 1.165) is 43.2 Å². The Kier molecular flexibility index (Phi) is 7.72. The van der Waals surface area contributed by atoms with Crippen molar-refractivity contribution in [3.05, 3.63) is 45.3 Å². The zero-order valence-corrected chi connectivity index (χ0v) is 20.9. The molecule has 7 nitrogen and oxygen atoms in total. The van der Waals surface area contributed by atoms with Crippen molar-refractivity contribution >= 4 is 51.6 Å². The predicted molar refractivity (Wildman–Crippen MR) is 132 cm³/mol. The van der Waals surface area contributed by atoms with Gasteiger partial charge in [-0.2, -0.15) is 0 Å². The van der Waals surface area contributed by atoms with Crippen LogP contribution >= 0.6 is 34.7 Å². The molecular formula is C23H25ClN4O3S2. The highest BCUT2D eigenvalue weighted by atomic mass is 35.5. The first-order valence-corrected chi connectivity index (χ1v) is 13.0. The Labute approximate surface area is 205 Å². The van der Waals surface area contributed by atoms with Crippen molar-refractivity contribution in [2.75, 3.05) is 18.2 Å². The van der Waals surface area contributed by atoms with Gasteiger partial charge in [0.25, 0.3) is 0 Å². The van der Waals surface area contributed by atoms with E-state index in [4.69, 9.17) is 16.3 Å². The van der Waals surface area contributed by atoms with Crippen molar-refractivity contribution in [1.29, 1.82) is 0 Å². The fourth-order valence-electron chi connectivity index (χ4n) is 3.96. The number of amides is 1. The number of fused-ring (bicyclic) bond motifs is 1. The molecule has 0 saturated carbocycles. The number of aryl methyl sites for hydroxylation is 1. The molecule has 0 aliphatic heterocycles. The van der Waals surface area contributed by atoms with E-state index in [1.807, 2.05) is 35.8 Å². The maximum absolute atomic E-state index is 12.8. The first-order valence-electron chi connectivity index (χ1n) is 10.9. The van der Waals surface area contributed by atoms with Crippen molar-refractivity contribution in [3.8, 4) is 11.4 Å². The van der Waals surface area contributed by atoms with Crippen LogP contribution in [0.15, 0.2) is 29.4 Å². The van der Waals surface area contributed by atoms with Crippen molar-refractivity contribution in [1.82, 2.24) is 14.8 Å². The lowest BCUT2D eigenvalue weighted by molar-refractivity contribution is -0.113. The normalized spacial score (nSPS) is 13.3. The summed E-state index contributed by atoms with van der Waals surface area (Å²) < 4.78 is 6.95. The lowest BCUT2D eigenvalue weighted by Gasteiger charge is -2.09. The Morgan fingerprint density at radius 2 is 2.00 bits per heavy atom. The summed E-state index contributed by atoms with van der Waals surface area (Å²) in [5.41, 5.74) is 2.34. The molecule has 0 radical (unpaired) electrons. The quantitative estimate of drug-likeness (QED) is 0.261. The van der Waals surface area contributed by atoms with E-state index in [9.17, 15) is 9.59 Å². The second-order valence-electron chi connectivity index (χ2n) is 7.63. The number of halogens is 1. The topological polar surface area (TPSA) is 86.1 Å². The van der Waals surface area contributed by atoms with Gasteiger partial charge in [0, 0.05) is 17.0 Å². The van der Waals surface area contributed by atoms with Gasteiger partial charge in [-0.05, 0) is 50.3 Å². The van der Waals surface area contributed by atoms with E-state index in [1.165, 1.54) is 35.1 Å². The van der Waals surface area contributed by atoms with Gasteiger partial charge in [-0.15, -0.1) is 21.5 Å². The van der Waals surface area contributed by atoms with E-state index in [0.29, 0.717) is 33.1 Å². The Morgan fingerprint density at radius 3 is 2.76 bits per heavy atom. The molecule has 0 spiro atoms. The number of esters is 1. The van der Waals surface area contributed by atoms with E-state index in [2.05, 4.69) is 15.5 Å². The average molecular weight is 505 g/mol. The van der Waals surface area contributed by atoms with Gasteiger partial charge >= 0.3 is 5.97 Å². The van der Waals surface area contributed by atoms with E-state index >= 15 is 0 Å². The monoisotopic (exact) mass is 504 g/mol. The smallest absolute Gasteiger partial charge is 0.341 e. The Bertz CT molecular complexity index is 1170. The highest BCUT2D eigenvalue weighted by Crippen LogP contribution is 2.38. The highest BCUT2D eigenvalue weighted by molar-refractivity contribution is 7.99. The van der Waals surface area contributed by atoms with Gasteiger partial charge in [-0.3, -0.25) is 4.79 Å². The number of nitrogens with one attached hydrogen (secondary N) is 1. The largest absolute Gasteiger partial charge is 0.465 e. The molecule has 4 rings (SSSR count). The number of nitrogens with zero attached hydrogens (tertiary/aromatic N) is 3. The number of carbonyl (C=O) groups excluding carboxylic acids is 2. The van der Waals surface area contributed by atoms with Crippen molar-refractivity contribution < 1.29 is 14.3 Å². The average Bonchev–Trinajstić information content (AvgIpc) is 3.29. The van der Waals surface area contributed by atoms with Crippen LogP contribution in [0.3, 0.4) is 0 Å². The number of aromatic nitrogens is 3. The van der Waals surface area contributed by atoms with E-state index in [1.54, 1.807) is 0 Å². The Hall–Kier alpha value is -2.36. The number of thiophene rings is 1. The second-order valence-corrected chi connectivity index (χ2v) is 10.1. The van der Waals surface area contributed by atoms with Gasteiger partial charge in [0.05, 0.1) is 23.4 Å². The number of hydrogen-bond acceptors (Lipinski definition) is 7. The predicted octanol–water partition coefficient (Wildman–Crippen LogP) is 5.47. The van der Waals surface area contributed by atoms with Crippen LogP contribution < -0.4 is 5.32 Å². The molecule has 2 aromatic heterocycles. The zero-order chi connectivity index (χ0) is 23.4. The molecule has 0 saturated heterocycles. The Morgan fingerprint density at radius 1 is 1.21 bits per heavy atom. The molecule has 1 aliphatic carbocycles. The van der Waals surface area contributed by atoms with Crippen LogP contribution in [0, 0.1) is 0 Å². The fourth-order valence-corrected chi connectivity index (χ4v) is 6.28. The minimum absolute atomic E-state index is 0.143. The molecule has 2 heterocycles. The minimum Gasteiger partial charge on any atom is -0.465 e. The summed E-state index contributed by atoms with van der Waals surface area (Å²) in [6.07, 6.45) is 5.05. The number of hydrogen-bond donors (Lipinski definition) is 1. The molecule has 3 aromatic rings. The second kappa shape index (κ2) is 10.7. The summed E-state index contributed by atoms with van der Waals surface area (Å²) in [7, 11) is 1.37. The van der Waals surface area contributed by atoms with Gasteiger partial charge in [-0.1, -0.05) is 41.9 Å². The highest BCUT2D eigenvalue weighted by Gasteiger charge is 2.26. The number of carbonyl (C=O) groups is 2. The maximum atomic E-state index is 12.8. The van der Waals surface area contributed by atoms with Crippen LogP contribution in [0.4, 0.5) is 5.00 Å². The minimum atomic E-state index is -0.396. The van der Waals surface area contributed by atoms with Gasteiger partial charge in [-0.25, -0.2) is 4.79 Å². The molecule has 1 aromatic carbocycles. The van der Waals surface area contributed by atoms with Crippen LogP contribution in [0.1, 0.15) is 47.0 Å². The van der Waals surface area contributed by atoms with E-state index < -0.39 is 5.97 Å². The van der Waals surface area contributed by atoms with Crippen molar-refractivity contribution in [3.63, 3.8) is 0 Å². The van der Waals surface area contributed by atoms with Crippen LogP contribution in [0.5, 0.6) is 0 Å². The summed E-state index contributed by atoms with van der Waals surface area (Å²) in [6.45, 7) is 2.64. The lowest BCUT2D eigenvalue weighted by atomic mass is 10.1. The third-order valence-corrected chi connectivity index (χ3v) is 8.05. The number of ether oxygens (including phenoxy) is 1. The number of anilines is 1. The molecular weight excluding hydrogens is 480 g/mol. The SMILES string of the molecule is CCn1c(SCC(=O)Nc2sc3c(c2C(=O)OC)CCCCC3)nnc1-c1ccccc1Cl. The molecule has 0 fully saturated rings. The summed E-state index contributed by atoms with van der Waals surface area (Å²) in [5, 5.41) is 13.3. The van der Waals surface area contributed by atoms with Gasteiger partial charge in [0.1, 0.15) is 5.00 Å². The zero-order valence-electron chi connectivity index (χ0n) is 18.5. The number of methoxy groups -OCH3 is 1. The van der Waals surface area contributed by atoms with Crippen molar-refractivity contribution in [2.45, 2.75) is 50.7 Å². The summed E-state index contributed by atoms with van der Waals surface area (Å²) in [6, 6.07) is 7.48. The standard InChI is InChI=1S/C23H25ClN4O3S2/c1-3-28-20(14-9-7-8-11-16(14)24)26-27-23(28)32-13-18(29)25-21-19(22(30)31-2)15-10-5-4-6-12-17(15)33-21/h7-9,11H,3-6,10,12-13H2,1-2H3,(H,25,29). The third kappa shape index (κ3) is 5.10.